The van der Waals surface area contributed by atoms with Crippen LogP contribution in [0.15, 0.2) is 24.4 Å². The molecular formula is C15H24N4. The molecule has 19 heavy (non-hydrogen) atoms. The van der Waals surface area contributed by atoms with Gasteiger partial charge in [0.05, 0.1) is 6.07 Å². The standard InChI is InChI=1S/C15H24N4/c1-4-18-15(2,13-16)9-12-19(3)11-8-14-7-5-6-10-17-14/h5-7,10,18H,4,8-9,11-12H2,1-3H3. The van der Waals surface area contributed by atoms with Crippen molar-refractivity contribution in [3.63, 3.8) is 0 Å². The molecule has 0 saturated heterocycles. The minimum Gasteiger partial charge on any atom is -0.306 e. The van der Waals surface area contributed by atoms with Gasteiger partial charge in [-0.25, -0.2) is 0 Å². The summed E-state index contributed by atoms with van der Waals surface area (Å²) < 4.78 is 0. The number of rotatable bonds is 8. The minimum atomic E-state index is -0.423. The van der Waals surface area contributed by atoms with Crippen LogP contribution < -0.4 is 5.32 Å². The fourth-order valence-corrected chi connectivity index (χ4v) is 1.95. The van der Waals surface area contributed by atoms with Crippen LogP contribution in [-0.4, -0.2) is 42.1 Å². The Labute approximate surface area is 116 Å². The van der Waals surface area contributed by atoms with Gasteiger partial charge in [-0.1, -0.05) is 13.0 Å². The third-order valence-electron chi connectivity index (χ3n) is 3.28. The Morgan fingerprint density at radius 1 is 1.42 bits per heavy atom. The van der Waals surface area contributed by atoms with E-state index in [1.165, 1.54) is 0 Å². The summed E-state index contributed by atoms with van der Waals surface area (Å²) in [6.07, 6.45) is 3.60. The first kappa shape index (κ1) is 15.6. The average molecular weight is 260 g/mol. The molecule has 0 aliphatic rings. The van der Waals surface area contributed by atoms with Gasteiger partial charge in [0, 0.05) is 31.4 Å². The summed E-state index contributed by atoms with van der Waals surface area (Å²) in [5, 5.41) is 12.4. The van der Waals surface area contributed by atoms with Crippen LogP contribution in [0.3, 0.4) is 0 Å². The van der Waals surface area contributed by atoms with Crippen LogP contribution in [0.25, 0.3) is 0 Å². The van der Waals surface area contributed by atoms with Gasteiger partial charge >= 0.3 is 0 Å². The van der Waals surface area contributed by atoms with Gasteiger partial charge in [0.15, 0.2) is 0 Å². The van der Waals surface area contributed by atoms with Crippen molar-refractivity contribution in [2.24, 2.45) is 0 Å². The lowest BCUT2D eigenvalue weighted by Crippen LogP contribution is -2.43. The van der Waals surface area contributed by atoms with E-state index in [0.29, 0.717) is 0 Å². The summed E-state index contributed by atoms with van der Waals surface area (Å²) in [5.41, 5.74) is 0.692. The van der Waals surface area contributed by atoms with Gasteiger partial charge in [-0.2, -0.15) is 5.26 Å². The van der Waals surface area contributed by atoms with E-state index in [9.17, 15) is 5.26 Å². The zero-order valence-electron chi connectivity index (χ0n) is 12.2. The van der Waals surface area contributed by atoms with Crippen molar-refractivity contribution < 1.29 is 0 Å². The molecule has 0 radical (unpaired) electrons. The summed E-state index contributed by atoms with van der Waals surface area (Å²) in [6.45, 7) is 6.68. The number of hydrogen-bond acceptors (Lipinski definition) is 4. The molecule has 0 aromatic carbocycles. The second-order valence-electron chi connectivity index (χ2n) is 5.10. The second-order valence-corrected chi connectivity index (χ2v) is 5.10. The summed E-state index contributed by atoms with van der Waals surface area (Å²) in [6, 6.07) is 8.35. The fourth-order valence-electron chi connectivity index (χ4n) is 1.95. The van der Waals surface area contributed by atoms with Crippen molar-refractivity contribution in [2.75, 3.05) is 26.7 Å². The van der Waals surface area contributed by atoms with E-state index >= 15 is 0 Å². The first-order valence-corrected chi connectivity index (χ1v) is 6.84. The number of likely N-dealkylation sites (N-methyl/N-ethyl adjacent to an activating group) is 1. The van der Waals surface area contributed by atoms with Gasteiger partial charge in [0.1, 0.15) is 5.54 Å². The molecule has 1 aromatic heterocycles. The Kier molecular flexibility index (Phi) is 6.48. The van der Waals surface area contributed by atoms with Gasteiger partial charge in [-0.3, -0.25) is 10.3 Å². The Balaban J connectivity index is 2.32. The summed E-state index contributed by atoms with van der Waals surface area (Å²) in [7, 11) is 2.09. The molecule has 1 N–H and O–H groups in total. The van der Waals surface area contributed by atoms with Crippen LogP contribution >= 0.6 is 0 Å². The number of hydrogen-bond donors (Lipinski definition) is 1. The predicted molar refractivity (Wildman–Crippen MR) is 77.7 cm³/mol. The fraction of sp³-hybridized carbons (Fsp3) is 0.600. The van der Waals surface area contributed by atoms with Crippen LogP contribution in [0, 0.1) is 11.3 Å². The molecular weight excluding hydrogens is 236 g/mol. The van der Waals surface area contributed by atoms with E-state index in [0.717, 1.165) is 38.2 Å². The van der Waals surface area contributed by atoms with Crippen LogP contribution in [0.5, 0.6) is 0 Å². The zero-order chi connectivity index (χ0) is 14.1. The van der Waals surface area contributed by atoms with Gasteiger partial charge in [-0.15, -0.1) is 0 Å². The second kappa shape index (κ2) is 7.88. The molecule has 0 saturated carbocycles. The molecule has 0 amide bonds. The summed E-state index contributed by atoms with van der Waals surface area (Å²) in [4.78, 5) is 6.57. The van der Waals surface area contributed by atoms with Gasteiger partial charge in [0.2, 0.25) is 0 Å². The summed E-state index contributed by atoms with van der Waals surface area (Å²) in [5.74, 6) is 0. The highest BCUT2D eigenvalue weighted by Crippen LogP contribution is 2.09. The third-order valence-corrected chi connectivity index (χ3v) is 3.28. The van der Waals surface area contributed by atoms with E-state index in [1.807, 2.05) is 38.2 Å². The summed E-state index contributed by atoms with van der Waals surface area (Å²) >= 11 is 0. The molecule has 0 aliphatic carbocycles. The molecule has 4 heteroatoms. The van der Waals surface area contributed by atoms with Crippen LogP contribution in [0.1, 0.15) is 26.0 Å². The van der Waals surface area contributed by atoms with Crippen LogP contribution in [0.2, 0.25) is 0 Å². The predicted octanol–water partition coefficient (Wildman–Crippen LogP) is 1.84. The molecule has 1 unspecified atom stereocenters. The van der Waals surface area contributed by atoms with E-state index < -0.39 is 5.54 Å². The Bertz CT molecular complexity index is 398. The van der Waals surface area contributed by atoms with Crippen molar-refractivity contribution >= 4 is 0 Å². The van der Waals surface area contributed by atoms with Gasteiger partial charge < -0.3 is 4.90 Å². The topological polar surface area (TPSA) is 52.0 Å². The average Bonchev–Trinajstić information content (AvgIpc) is 2.44. The molecule has 1 heterocycles. The first-order chi connectivity index (χ1) is 9.09. The number of aromatic nitrogens is 1. The molecule has 1 rings (SSSR count). The van der Waals surface area contributed by atoms with Crippen LogP contribution in [-0.2, 0) is 6.42 Å². The van der Waals surface area contributed by atoms with E-state index in [-0.39, 0.29) is 0 Å². The monoisotopic (exact) mass is 260 g/mol. The number of nitriles is 1. The van der Waals surface area contributed by atoms with E-state index in [1.54, 1.807) is 0 Å². The molecule has 0 spiro atoms. The quantitative estimate of drug-likeness (QED) is 0.775. The maximum absolute atomic E-state index is 9.20. The Hall–Kier alpha value is -1.44. The number of pyridine rings is 1. The lowest BCUT2D eigenvalue weighted by molar-refractivity contribution is 0.292. The Morgan fingerprint density at radius 3 is 2.79 bits per heavy atom. The number of nitrogens with zero attached hydrogens (tertiary/aromatic N) is 3. The van der Waals surface area contributed by atoms with Gasteiger partial charge in [-0.05, 0) is 39.1 Å². The maximum Gasteiger partial charge on any atom is 0.105 e. The van der Waals surface area contributed by atoms with Crippen molar-refractivity contribution in [2.45, 2.75) is 32.2 Å². The highest BCUT2D eigenvalue weighted by atomic mass is 15.1. The van der Waals surface area contributed by atoms with Crippen molar-refractivity contribution in [3.8, 4) is 6.07 Å². The molecule has 1 atom stereocenters. The van der Waals surface area contributed by atoms with Crippen LogP contribution in [0.4, 0.5) is 0 Å². The molecule has 104 valence electrons. The molecule has 0 fully saturated rings. The maximum atomic E-state index is 9.20. The van der Waals surface area contributed by atoms with Crippen molar-refractivity contribution in [1.82, 2.24) is 15.2 Å². The zero-order valence-corrected chi connectivity index (χ0v) is 12.2. The first-order valence-electron chi connectivity index (χ1n) is 6.84. The van der Waals surface area contributed by atoms with Crippen molar-refractivity contribution in [1.29, 1.82) is 5.26 Å². The lowest BCUT2D eigenvalue weighted by Gasteiger charge is -2.25. The molecule has 0 aliphatic heterocycles. The normalized spacial score (nSPS) is 14.1. The lowest BCUT2D eigenvalue weighted by atomic mass is 9.99. The van der Waals surface area contributed by atoms with Crippen molar-refractivity contribution in [3.05, 3.63) is 30.1 Å². The minimum absolute atomic E-state index is 0.423. The number of nitrogens with one attached hydrogen (secondary N) is 1. The SMILES string of the molecule is CCNC(C)(C#N)CCN(C)CCc1ccccn1. The van der Waals surface area contributed by atoms with E-state index in [4.69, 9.17) is 0 Å². The smallest absolute Gasteiger partial charge is 0.105 e. The molecule has 4 nitrogen and oxygen atoms in total. The molecule has 1 aromatic rings. The third kappa shape index (κ3) is 5.82. The highest BCUT2D eigenvalue weighted by Gasteiger charge is 2.22. The molecule has 0 bridgehead atoms. The van der Waals surface area contributed by atoms with E-state index in [2.05, 4.69) is 28.3 Å². The largest absolute Gasteiger partial charge is 0.306 e. The van der Waals surface area contributed by atoms with Gasteiger partial charge in [0.25, 0.3) is 0 Å². The Morgan fingerprint density at radius 2 is 2.21 bits per heavy atom. The highest BCUT2D eigenvalue weighted by molar-refractivity contribution is 5.05.